The average molecular weight is 270 g/mol. The molecule has 100 valence electrons. The number of halogens is 2. The molecule has 0 heterocycles. The van der Waals surface area contributed by atoms with Crippen molar-refractivity contribution in [3.8, 4) is 0 Å². The minimum atomic E-state index is -0.121. The Balaban J connectivity index is 2.04. The zero-order valence-electron chi connectivity index (χ0n) is 10.9. The summed E-state index contributed by atoms with van der Waals surface area (Å²) in [4.78, 5) is 0. The van der Waals surface area contributed by atoms with Crippen molar-refractivity contribution < 1.29 is 4.39 Å². The Bertz CT molecular complexity index is 394. The van der Waals surface area contributed by atoms with Crippen molar-refractivity contribution in [2.75, 3.05) is 7.05 Å². The summed E-state index contributed by atoms with van der Waals surface area (Å²) in [5.74, 6) is 0.447. The van der Waals surface area contributed by atoms with Gasteiger partial charge in [0.2, 0.25) is 0 Å². The second-order valence-electron chi connectivity index (χ2n) is 5.31. The third kappa shape index (κ3) is 3.69. The lowest BCUT2D eigenvalue weighted by Crippen LogP contribution is -2.27. The molecule has 1 saturated carbocycles. The average Bonchev–Trinajstić information content (AvgIpc) is 2.59. The smallest absolute Gasteiger partial charge is 0.126 e. The fourth-order valence-corrected chi connectivity index (χ4v) is 3.11. The van der Waals surface area contributed by atoms with Crippen molar-refractivity contribution in [2.24, 2.45) is 5.92 Å². The second-order valence-corrected chi connectivity index (χ2v) is 5.75. The summed E-state index contributed by atoms with van der Waals surface area (Å²) >= 11 is 5.94. The monoisotopic (exact) mass is 269 g/mol. The Hall–Kier alpha value is -0.600. The molecule has 0 amide bonds. The Labute approximate surface area is 114 Å². The predicted octanol–water partition coefficient (Wildman–Crippen LogP) is 4.19. The quantitative estimate of drug-likeness (QED) is 0.812. The van der Waals surface area contributed by atoms with Crippen LogP contribution in [0.4, 0.5) is 4.39 Å². The Morgan fingerprint density at radius 2 is 2.11 bits per heavy atom. The molecule has 1 N–H and O–H groups in total. The fraction of sp³-hybridized carbons (Fsp3) is 0.600. The van der Waals surface area contributed by atoms with Gasteiger partial charge in [0.25, 0.3) is 0 Å². The van der Waals surface area contributed by atoms with Gasteiger partial charge in [0.1, 0.15) is 5.82 Å². The van der Waals surface area contributed by atoms with Gasteiger partial charge in [-0.1, -0.05) is 30.9 Å². The molecule has 1 aromatic rings. The molecule has 0 radical (unpaired) electrons. The van der Waals surface area contributed by atoms with Crippen molar-refractivity contribution in [3.63, 3.8) is 0 Å². The fourth-order valence-electron chi connectivity index (χ4n) is 2.92. The minimum absolute atomic E-state index is 0.121. The number of rotatable bonds is 3. The van der Waals surface area contributed by atoms with E-state index in [-0.39, 0.29) is 5.82 Å². The highest BCUT2D eigenvalue weighted by Crippen LogP contribution is 2.28. The molecule has 1 nitrogen and oxygen atoms in total. The molecule has 1 aliphatic rings. The van der Waals surface area contributed by atoms with Gasteiger partial charge in [-0.3, -0.25) is 0 Å². The van der Waals surface area contributed by atoms with E-state index in [4.69, 9.17) is 11.6 Å². The van der Waals surface area contributed by atoms with E-state index < -0.39 is 0 Å². The first kappa shape index (κ1) is 13.8. The van der Waals surface area contributed by atoms with Crippen LogP contribution in [0, 0.1) is 11.7 Å². The summed E-state index contributed by atoms with van der Waals surface area (Å²) in [5, 5.41) is 4.00. The molecule has 18 heavy (non-hydrogen) atoms. The van der Waals surface area contributed by atoms with Crippen LogP contribution in [0.25, 0.3) is 0 Å². The summed E-state index contributed by atoms with van der Waals surface area (Å²) in [6.07, 6.45) is 6.92. The van der Waals surface area contributed by atoms with Gasteiger partial charge in [-0.15, -0.1) is 0 Å². The van der Waals surface area contributed by atoms with Crippen molar-refractivity contribution in [3.05, 3.63) is 34.6 Å². The summed E-state index contributed by atoms with van der Waals surface area (Å²) < 4.78 is 13.7. The molecule has 0 aromatic heterocycles. The van der Waals surface area contributed by atoms with Crippen LogP contribution in [-0.4, -0.2) is 13.1 Å². The molecule has 2 atom stereocenters. The summed E-state index contributed by atoms with van der Waals surface area (Å²) in [7, 11) is 2.02. The van der Waals surface area contributed by atoms with Crippen LogP contribution in [0.15, 0.2) is 18.2 Å². The van der Waals surface area contributed by atoms with Gasteiger partial charge in [0.15, 0.2) is 0 Å². The lowest BCUT2D eigenvalue weighted by Gasteiger charge is -2.20. The summed E-state index contributed by atoms with van der Waals surface area (Å²) in [6, 6.07) is 5.45. The van der Waals surface area contributed by atoms with Gasteiger partial charge in [0, 0.05) is 11.1 Å². The molecule has 2 unspecified atom stereocenters. The third-order valence-corrected chi connectivity index (χ3v) is 4.19. The maximum atomic E-state index is 13.7. The van der Waals surface area contributed by atoms with Crippen molar-refractivity contribution in [2.45, 2.75) is 44.6 Å². The van der Waals surface area contributed by atoms with Crippen LogP contribution in [0.3, 0.4) is 0 Å². The van der Waals surface area contributed by atoms with Crippen molar-refractivity contribution in [1.82, 2.24) is 5.32 Å². The minimum Gasteiger partial charge on any atom is -0.317 e. The van der Waals surface area contributed by atoms with Crippen molar-refractivity contribution in [1.29, 1.82) is 0 Å². The van der Waals surface area contributed by atoms with Crippen LogP contribution < -0.4 is 5.32 Å². The van der Waals surface area contributed by atoms with Gasteiger partial charge in [-0.2, -0.15) is 0 Å². The molecular formula is C15H21ClFN. The van der Waals surface area contributed by atoms with E-state index in [0.717, 1.165) is 18.4 Å². The topological polar surface area (TPSA) is 12.0 Å². The van der Waals surface area contributed by atoms with E-state index in [2.05, 4.69) is 5.32 Å². The summed E-state index contributed by atoms with van der Waals surface area (Å²) in [6.45, 7) is 0. The molecule has 1 aliphatic carbocycles. The lowest BCUT2D eigenvalue weighted by molar-refractivity contribution is 0.395. The number of hydrogen-bond donors (Lipinski definition) is 1. The second kappa shape index (κ2) is 6.53. The number of benzene rings is 1. The van der Waals surface area contributed by atoms with Crippen LogP contribution in [0.1, 0.15) is 37.7 Å². The first-order chi connectivity index (χ1) is 8.69. The molecule has 0 aliphatic heterocycles. The molecular weight excluding hydrogens is 249 g/mol. The molecule has 3 heteroatoms. The molecule has 1 aromatic carbocycles. The van der Waals surface area contributed by atoms with E-state index in [1.54, 1.807) is 12.1 Å². The SMILES string of the molecule is CNC1CCCCC(Cc2cc(Cl)ccc2F)C1. The van der Waals surface area contributed by atoms with E-state index in [1.165, 1.54) is 31.7 Å². The van der Waals surface area contributed by atoms with E-state index in [9.17, 15) is 4.39 Å². The zero-order chi connectivity index (χ0) is 13.0. The highest BCUT2D eigenvalue weighted by Gasteiger charge is 2.20. The molecule has 0 spiro atoms. The Morgan fingerprint density at radius 1 is 1.33 bits per heavy atom. The molecule has 1 fully saturated rings. The van der Waals surface area contributed by atoms with E-state index in [1.807, 2.05) is 7.05 Å². The molecule has 2 rings (SSSR count). The van der Waals surface area contributed by atoms with Crippen LogP contribution in [-0.2, 0) is 6.42 Å². The molecule has 0 bridgehead atoms. The van der Waals surface area contributed by atoms with Gasteiger partial charge in [-0.25, -0.2) is 4.39 Å². The maximum absolute atomic E-state index is 13.7. The highest BCUT2D eigenvalue weighted by atomic mass is 35.5. The van der Waals surface area contributed by atoms with Crippen LogP contribution in [0.5, 0.6) is 0 Å². The predicted molar refractivity (Wildman–Crippen MR) is 74.5 cm³/mol. The van der Waals surface area contributed by atoms with Gasteiger partial charge >= 0.3 is 0 Å². The van der Waals surface area contributed by atoms with E-state index >= 15 is 0 Å². The first-order valence-corrected chi connectivity index (χ1v) is 7.18. The van der Waals surface area contributed by atoms with Gasteiger partial charge in [-0.05, 0) is 56.0 Å². The van der Waals surface area contributed by atoms with Gasteiger partial charge in [0.05, 0.1) is 0 Å². The summed E-state index contributed by atoms with van der Waals surface area (Å²) in [5.41, 5.74) is 0.768. The van der Waals surface area contributed by atoms with E-state index in [0.29, 0.717) is 17.0 Å². The Morgan fingerprint density at radius 3 is 2.89 bits per heavy atom. The highest BCUT2D eigenvalue weighted by molar-refractivity contribution is 6.30. The molecule has 0 saturated heterocycles. The first-order valence-electron chi connectivity index (χ1n) is 6.80. The van der Waals surface area contributed by atoms with Crippen molar-refractivity contribution >= 4 is 11.6 Å². The lowest BCUT2D eigenvalue weighted by atomic mass is 9.91. The van der Waals surface area contributed by atoms with Crippen LogP contribution in [0.2, 0.25) is 5.02 Å². The van der Waals surface area contributed by atoms with Gasteiger partial charge < -0.3 is 5.32 Å². The largest absolute Gasteiger partial charge is 0.317 e. The third-order valence-electron chi connectivity index (χ3n) is 3.96. The number of hydrogen-bond acceptors (Lipinski definition) is 1. The standard InChI is InChI=1S/C15H21ClFN/c1-18-14-5-3-2-4-11(9-14)8-12-10-13(16)6-7-15(12)17/h6-7,10-11,14,18H,2-5,8-9H2,1H3. The normalized spacial score (nSPS) is 24.8. The maximum Gasteiger partial charge on any atom is 0.126 e. The zero-order valence-corrected chi connectivity index (χ0v) is 11.6. The van der Waals surface area contributed by atoms with Crippen LogP contribution >= 0.6 is 11.6 Å². The number of nitrogens with one attached hydrogen (secondary N) is 1. The Kier molecular flexibility index (Phi) is 5.02.